The summed E-state index contributed by atoms with van der Waals surface area (Å²) in [6.07, 6.45) is 6.52. The molecule has 2 rings (SSSR count). The van der Waals surface area contributed by atoms with E-state index in [1.54, 1.807) is 0 Å². The number of rotatable bonds is 6. The van der Waals surface area contributed by atoms with Gasteiger partial charge in [-0.15, -0.1) is 0 Å². The summed E-state index contributed by atoms with van der Waals surface area (Å²) in [6, 6.07) is 0.739. The molecule has 0 aromatic heterocycles. The zero-order chi connectivity index (χ0) is 14.2. The summed E-state index contributed by atoms with van der Waals surface area (Å²) in [4.78, 5) is 16.6. The smallest absolute Gasteiger partial charge is 0.234 e. The van der Waals surface area contributed by atoms with Crippen LogP contribution in [0.2, 0.25) is 0 Å². The van der Waals surface area contributed by atoms with E-state index < -0.39 is 0 Å². The van der Waals surface area contributed by atoms with Crippen LogP contribution in [0.4, 0.5) is 0 Å². The summed E-state index contributed by atoms with van der Waals surface area (Å²) in [5.74, 6) is 0.173. The maximum atomic E-state index is 11.9. The molecule has 116 valence electrons. The van der Waals surface area contributed by atoms with Crippen LogP contribution in [0.25, 0.3) is 0 Å². The monoisotopic (exact) mass is 282 g/mol. The predicted octanol–water partition coefficient (Wildman–Crippen LogP) is 0.272. The van der Waals surface area contributed by atoms with Crippen LogP contribution < -0.4 is 10.6 Å². The Hall–Kier alpha value is -0.650. The summed E-state index contributed by atoms with van der Waals surface area (Å²) >= 11 is 0. The van der Waals surface area contributed by atoms with Crippen molar-refractivity contribution in [3.8, 4) is 0 Å². The molecule has 0 unspecified atom stereocenters. The molecule has 5 nitrogen and oxygen atoms in total. The van der Waals surface area contributed by atoms with Gasteiger partial charge in [-0.1, -0.05) is 12.8 Å². The summed E-state index contributed by atoms with van der Waals surface area (Å²) in [7, 11) is 2.18. The molecule has 2 aliphatic rings. The van der Waals surface area contributed by atoms with Crippen LogP contribution in [-0.4, -0.2) is 74.6 Å². The summed E-state index contributed by atoms with van der Waals surface area (Å²) in [5.41, 5.74) is 0. The molecule has 2 N–H and O–H groups in total. The van der Waals surface area contributed by atoms with Gasteiger partial charge < -0.3 is 15.5 Å². The van der Waals surface area contributed by atoms with Gasteiger partial charge >= 0.3 is 0 Å². The first-order valence-corrected chi connectivity index (χ1v) is 8.16. The van der Waals surface area contributed by atoms with Crippen molar-refractivity contribution in [1.29, 1.82) is 0 Å². The molecule has 0 bridgehead atoms. The van der Waals surface area contributed by atoms with Crippen LogP contribution in [0.1, 0.15) is 32.1 Å². The SMILES string of the molecule is CN(CCNC(=O)CN1CCCNCC1)C1CCCC1. The Labute approximate surface area is 123 Å². The number of carbonyl (C=O) groups excluding carboxylic acids is 1. The highest BCUT2D eigenvalue weighted by Crippen LogP contribution is 2.21. The lowest BCUT2D eigenvalue weighted by Crippen LogP contribution is -2.42. The van der Waals surface area contributed by atoms with Crippen molar-refractivity contribution in [2.24, 2.45) is 0 Å². The van der Waals surface area contributed by atoms with Gasteiger partial charge in [0, 0.05) is 32.2 Å². The van der Waals surface area contributed by atoms with E-state index in [1.165, 1.54) is 25.7 Å². The second-order valence-electron chi connectivity index (χ2n) is 6.15. The lowest BCUT2D eigenvalue weighted by Gasteiger charge is -2.24. The molecule has 1 amide bonds. The largest absolute Gasteiger partial charge is 0.354 e. The quantitative estimate of drug-likeness (QED) is 0.734. The number of carbonyl (C=O) groups is 1. The molecule has 1 saturated carbocycles. The van der Waals surface area contributed by atoms with E-state index in [-0.39, 0.29) is 5.91 Å². The molecular weight excluding hydrogens is 252 g/mol. The maximum absolute atomic E-state index is 11.9. The summed E-state index contributed by atoms with van der Waals surface area (Å²) < 4.78 is 0. The van der Waals surface area contributed by atoms with Gasteiger partial charge in [-0.3, -0.25) is 9.69 Å². The molecule has 1 aliphatic heterocycles. The zero-order valence-electron chi connectivity index (χ0n) is 12.9. The van der Waals surface area contributed by atoms with E-state index >= 15 is 0 Å². The fourth-order valence-corrected chi connectivity index (χ4v) is 3.22. The van der Waals surface area contributed by atoms with Crippen molar-refractivity contribution < 1.29 is 4.79 Å². The Balaban J connectivity index is 1.57. The van der Waals surface area contributed by atoms with Crippen LogP contribution in [0.15, 0.2) is 0 Å². The molecular formula is C15H30N4O. The number of amides is 1. The Morgan fingerprint density at radius 1 is 1.25 bits per heavy atom. The van der Waals surface area contributed by atoms with E-state index in [0.717, 1.165) is 51.7 Å². The van der Waals surface area contributed by atoms with Gasteiger partial charge in [0.15, 0.2) is 0 Å². The Bertz CT molecular complexity index is 284. The highest BCUT2D eigenvalue weighted by Gasteiger charge is 2.19. The number of nitrogens with zero attached hydrogens (tertiary/aromatic N) is 2. The minimum Gasteiger partial charge on any atom is -0.354 e. The van der Waals surface area contributed by atoms with E-state index in [4.69, 9.17) is 0 Å². The average molecular weight is 282 g/mol. The first-order valence-electron chi connectivity index (χ1n) is 8.16. The van der Waals surface area contributed by atoms with Gasteiger partial charge in [0.05, 0.1) is 6.54 Å². The van der Waals surface area contributed by atoms with E-state index in [0.29, 0.717) is 6.54 Å². The van der Waals surface area contributed by atoms with Crippen LogP contribution in [-0.2, 0) is 4.79 Å². The lowest BCUT2D eigenvalue weighted by atomic mass is 10.2. The minimum atomic E-state index is 0.173. The van der Waals surface area contributed by atoms with E-state index in [9.17, 15) is 4.79 Å². The molecule has 0 aromatic rings. The third-order valence-electron chi connectivity index (χ3n) is 4.53. The van der Waals surface area contributed by atoms with Crippen molar-refractivity contribution in [2.75, 3.05) is 52.9 Å². The van der Waals surface area contributed by atoms with Gasteiger partial charge in [0.1, 0.15) is 0 Å². The second-order valence-corrected chi connectivity index (χ2v) is 6.15. The van der Waals surface area contributed by atoms with Gasteiger partial charge in [0.2, 0.25) is 5.91 Å². The first-order chi connectivity index (χ1) is 9.75. The molecule has 20 heavy (non-hydrogen) atoms. The normalized spacial score (nSPS) is 22.1. The third kappa shape index (κ3) is 5.38. The van der Waals surface area contributed by atoms with Gasteiger partial charge in [-0.2, -0.15) is 0 Å². The molecule has 2 fully saturated rings. The average Bonchev–Trinajstić information content (AvgIpc) is 2.85. The Kier molecular flexibility index (Phi) is 6.76. The molecule has 0 aromatic carbocycles. The number of hydrogen-bond donors (Lipinski definition) is 2. The lowest BCUT2D eigenvalue weighted by molar-refractivity contribution is -0.122. The van der Waals surface area contributed by atoms with E-state index in [2.05, 4.69) is 27.5 Å². The van der Waals surface area contributed by atoms with Crippen LogP contribution in [0, 0.1) is 0 Å². The van der Waals surface area contributed by atoms with Crippen molar-refractivity contribution >= 4 is 5.91 Å². The van der Waals surface area contributed by atoms with Crippen LogP contribution in [0.5, 0.6) is 0 Å². The second kappa shape index (κ2) is 8.60. The summed E-state index contributed by atoms with van der Waals surface area (Å²) in [5, 5.41) is 6.42. The summed E-state index contributed by atoms with van der Waals surface area (Å²) in [6.45, 7) is 6.38. The number of hydrogen-bond acceptors (Lipinski definition) is 4. The standard InChI is InChI=1S/C15H30N4O/c1-18(14-5-2-3-6-14)11-9-17-15(20)13-19-10-4-7-16-8-12-19/h14,16H,2-13H2,1H3,(H,17,20). The van der Waals surface area contributed by atoms with Crippen molar-refractivity contribution in [1.82, 2.24) is 20.4 Å². The number of nitrogens with one attached hydrogen (secondary N) is 2. The van der Waals surface area contributed by atoms with Crippen molar-refractivity contribution in [2.45, 2.75) is 38.1 Å². The molecule has 1 saturated heterocycles. The number of likely N-dealkylation sites (N-methyl/N-ethyl adjacent to an activating group) is 1. The fourth-order valence-electron chi connectivity index (χ4n) is 3.22. The predicted molar refractivity (Wildman–Crippen MR) is 81.8 cm³/mol. The molecule has 1 heterocycles. The van der Waals surface area contributed by atoms with Gasteiger partial charge in [0.25, 0.3) is 0 Å². The van der Waals surface area contributed by atoms with Crippen LogP contribution >= 0.6 is 0 Å². The third-order valence-corrected chi connectivity index (χ3v) is 4.53. The molecule has 0 spiro atoms. The van der Waals surface area contributed by atoms with Crippen LogP contribution in [0.3, 0.4) is 0 Å². The highest BCUT2D eigenvalue weighted by atomic mass is 16.2. The Morgan fingerprint density at radius 3 is 2.85 bits per heavy atom. The topological polar surface area (TPSA) is 47.6 Å². The zero-order valence-corrected chi connectivity index (χ0v) is 12.9. The first kappa shape index (κ1) is 15.7. The molecule has 1 aliphatic carbocycles. The van der Waals surface area contributed by atoms with Gasteiger partial charge in [-0.05, 0) is 39.4 Å². The fraction of sp³-hybridized carbons (Fsp3) is 0.933. The maximum Gasteiger partial charge on any atom is 0.234 e. The van der Waals surface area contributed by atoms with Crippen molar-refractivity contribution in [3.05, 3.63) is 0 Å². The highest BCUT2D eigenvalue weighted by molar-refractivity contribution is 5.77. The molecule has 5 heteroatoms. The van der Waals surface area contributed by atoms with Gasteiger partial charge in [-0.25, -0.2) is 0 Å². The molecule has 0 radical (unpaired) electrons. The Morgan fingerprint density at radius 2 is 2.05 bits per heavy atom. The molecule has 0 atom stereocenters. The van der Waals surface area contributed by atoms with Crippen molar-refractivity contribution in [3.63, 3.8) is 0 Å². The van der Waals surface area contributed by atoms with E-state index in [1.807, 2.05) is 0 Å². The minimum absolute atomic E-state index is 0.173.